The largest absolute Gasteiger partial charge is 0.507 e. The summed E-state index contributed by atoms with van der Waals surface area (Å²) < 4.78 is 32.1. The SMILES string of the molecule is CCS(=O)(=O)Nc1cccc(C(c2c(O)c3c(oc2=O)CCCCC3)C2CC2)c1. The van der Waals surface area contributed by atoms with E-state index >= 15 is 0 Å². The summed E-state index contributed by atoms with van der Waals surface area (Å²) in [5, 5.41) is 11.1. The molecule has 0 aliphatic heterocycles. The molecule has 1 atom stereocenters. The van der Waals surface area contributed by atoms with Crippen LogP contribution in [0.25, 0.3) is 0 Å². The number of hydrogen-bond donors (Lipinski definition) is 2. The van der Waals surface area contributed by atoms with Gasteiger partial charge in [0.25, 0.3) is 0 Å². The Balaban J connectivity index is 1.79. The summed E-state index contributed by atoms with van der Waals surface area (Å²) in [6.45, 7) is 1.58. The van der Waals surface area contributed by atoms with E-state index in [2.05, 4.69) is 4.72 Å². The third-order valence-electron chi connectivity index (χ3n) is 5.95. The van der Waals surface area contributed by atoms with Crippen molar-refractivity contribution >= 4 is 15.7 Å². The Morgan fingerprint density at radius 1 is 1.21 bits per heavy atom. The molecule has 0 bridgehead atoms. The Labute approximate surface area is 171 Å². The van der Waals surface area contributed by atoms with Crippen molar-refractivity contribution in [1.82, 2.24) is 0 Å². The first-order valence-electron chi connectivity index (χ1n) is 10.4. The van der Waals surface area contributed by atoms with Crippen LogP contribution in [0.15, 0.2) is 33.5 Å². The molecule has 2 aromatic rings. The van der Waals surface area contributed by atoms with E-state index < -0.39 is 15.6 Å². The van der Waals surface area contributed by atoms with Crippen molar-refractivity contribution in [2.24, 2.45) is 5.92 Å². The Morgan fingerprint density at radius 3 is 2.69 bits per heavy atom. The first-order chi connectivity index (χ1) is 13.9. The van der Waals surface area contributed by atoms with E-state index in [-0.39, 0.29) is 23.3 Å². The second-order valence-electron chi connectivity index (χ2n) is 8.06. The van der Waals surface area contributed by atoms with Crippen LogP contribution in [0.5, 0.6) is 5.75 Å². The van der Waals surface area contributed by atoms with E-state index in [1.165, 1.54) is 0 Å². The van der Waals surface area contributed by atoms with Gasteiger partial charge in [-0.15, -0.1) is 0 Å². The van der Waals surface area contributed by atoms with Gasteiger partial charge >= 0.3 is 5.63 Å². The summed E-state index contributed by atoms with van der Waals surface area (Å²) in [7, 11) is -3.40. The average molecular weight is 418 g/mol. The lowest BCUT2D eigenvalue weighted by atomic mass is 9.86. The normalized spacial score (nSPS) is 18.0. The van der Waals surface area contributed by atoms with Gasteiger partial charge in [0.05, 0.1) is 11.3 Å². The number of nitrogens with one attached hydrogen (secondary N) is 1. The van der Waals surface area contributed by atoms with Crippen LogP contribution in [0.1, 0.15) is 67.4 Å². The van der Waals surface area contributed by atoms with Gasteiger partial charge in [-0.05, 0) is 62.6 Å². The fraction of sp³-hybridized carbons (Fsp3) is 0.500. The zero-order valence-corrected chi connectivity index (χ0v) is 17.4. The maximum Gasteiger partial charge on any atom is 0.343 e. The van der Waals surface area contributed by atoms with Crippen LogP contribution in [0.4, 0.5) is 5.69 Å². The molecule has 1 aromatic heterocycles. The minimum absolute atomic E-state index is 0.0154. The maximum atomic E-state index is 12.9. The zero-order valence-electron chi connectivity index (χ0n) is 16.6. The summed E-state index contributed by atoms with van der Waals surface area (Å²) in [4.78, 5) is 12.9. The number of aryl methyl sites for hydroxylation is 1. The van der Waals surface area contributed by atoms with E-state index in [1.54, 1.807) is 25.1 Å². The Morgan fingerprint density at radius 2 is 1.97 bits per heavy atom. The molecule has 0 saturated heterocycles. The minimum atomic E-state index is -3.40. The predicted molar refractivity (Wildman–Crippen MR) is 112 cm³/mol. The van der Waals surface area contributed by atoms with Crippen molar-refractivity contribution in [3.8, 4) is 5.75 Å². The zero-order chi connectivity index (χ0) is 20.6. The molecular weight excluding hydrogens is 390 g/mol. The van der Waals surface area contributed by atoms with Gasteiger partial charge in [-0.3, -0.25) is 4.72 Å². The fourth-order valence-electron chi connectivity index (χ4n) is 4.27. The molecule has 2 N–H and O–H groups in total. The molecular formula is C22H27NO5S. The molecule has 156 valence electrons. The van der Waals surface area contributed by atoms with Crippen molar-refractivity contribution in [1.29, 1.82) is 0 Å². The van der Waals surface area contributed by atoms with Crippen LogP contribution < -0.4 is 10.3 Å². The maximum absolute atomic E-state index is 12.9. The smallest absolute Gasteiger partial charge is 0.343 e. The minimum Gasteiger partial charge on any atom is -0.507 e. The van der Waals surface area contributed by atoms with Gasteiger partial charge in [0.2, 0.25) is 10.0 Å². The molecule has 1 saturated carbocycles. The molecule has 6 nitrogen and oxygen atoms in total. The van der Waals surface area contributed by atoms with Gasteiger partial charge < -0.3 is 9.52 Å². The highest BCUT2D eigenvalue weighted by Gasteiger charge is 2.38. The third kappa shape index (κ3) is 4.20. The van der Waals surface area contributed by atoms with E-state index in [0.717, 1.165) is 43.2 Å². The highest BCUT2D eigenvalue weighted by Crippen LogP contribution is 2.49. The summed E-state index contributed by atoms with van der Waals surface area (Å²) in [6.07, 6.45) is 6.30. The Bertz CT molecular complexity index is 1070. The molecule has 1 fully saturated rings. The summed E-state index contributed by atoms with van der Waals surface area (Å²) in [5.74, 6) is 0.622. The molecule has 1 unspecified atom stereocenters. The molecule has 0 spiro atoms. The second-order valence-corrected chi connectivity index (χ2v) is 10.1. The number of fused-ring (bicyclic) bond motifs is 1. The summed E-state index contributed by atoms with van der Waals surface area (Å²) in [6, 6.07) is 7.12. The summed E-state index contributed by atoms with van der Waals surface area (Å²) >= 11 is 0. The van der Waals surface area contributed by atoms with E-state index in [9.17, 15) is 18.3 Å². The second kappa shape index (κ2) is 7.86. The van der Waals surface area contributed by atoms with Gasteiger partial charge in [0.15, 0.2) is 0 Å². The quantitative estimate of drug-likeness (QED) is 0.695. The highest BCUT2D eigenvalue weighted by molar-refractivity contribution is 7.92. The average Bonchev–Trinajstić information content (AvgIpc) is 3.52. The van der Waals surface area contributed by atoms with Crippen LogP contribution in [-0.4, -0.2) is 19.3 Å². The number of benzene rings is 1. The molecule has 2 aliphatic carbocycles. The van der Waals surface area contributed by atoms with Crippen LogP contribution in [0, 0.1) is 5.92 Å². The third-order valence-corrected chi connectivity index (χ3v) is 7.25. The standard InChI is InChI=1S/C22H27NO5S/c1-2-29(26,27)23-16-8-6-7-15(13-16)19(14-11-12-14)20-21(24)17-9-4-3-5-10-18(17)28-22(20)25/h6-8,13-14,19,23-24H,2-5,9-12H2,1H3. The Hall–Kier alpha value is -2.28. The fourth-order valence-corrected chi connectivity index (χ4v) is 4.90. The van der Waals surface area contributed by atoms with Gasteiger partial charge in [0, 0.05) is 23.6 Å². The lowest BCUT2D eigenvalue weighted by Crippen LogP contribution is -2.19. The number of rotatable bonds is 6. The molecule has 1 aromatic carbocycles. The molecule has 0 amide bonds. The van der Waals surface area contributed by atoms with Crippen molar-refractivity contribution in [3.05, 3.63) is 57.1 Å². The van der Waals surface area contributed by atoms with Crippen LogP contribution in [0.2, 0.25) is 0 Å². The molecule has 4 rings (SSSR count). The first kappa shape index (κ1) is 20.0. The number of anilines is 1. The van der Waals surface area contributed by atoms with Crippen LogP contribution in [-0.2, 0) is 22.9 Å². The van der Waals surface area contributed by atoms with Crippen molar-refractivity contribution in [2.45, 2.75) is 57.8 Å². The van der Waals surface area contributed by atoms with Crippen molar-refractivity contribution in [2.75, 3.05) is 10.5 Å². The molecule has 1 heterocycles. The van der Waals surface area contributed by atoms with Gasteiger partial charge in [-0.1, -0.05) is 18.6 Å². The first-order valence-corrected chi connectivity index (χ1v) is 12.0. The molecule has 29 heavy (non-hydrogen) atoms. The lowest BCUT2D eigenvalue weighted by Gasteiger charge is -2.20. The predicted octanol–water partition coefficient (Wildman–Crippen LogP) is 3.92. The van der Waals surface area contributed by atoms with Crippen molar-refractivity contribution in [3.63, 3.8) is 0 Å². The van der Waals surface area contributed by atoms with Crippen LogP contribution >= 0.6 is 0 Å². The Kier molecular flexibility index (Phi) is 5.42. The number of aromatic hydroxyl groups is 1. The van der Waals surface area contributed by atoms with Gasteiger partial charge in [-0.25, -0.2) is 13.2 Å². The van der Waals surface area contributed by atoms with Crippen molar-refractivity contribution < 1.29 is 17.9 Å². The van der Waals surface area contributed by atoms with E-state index in [1.807, 2.05) is 6.07 Å². The number of hydrogen-bond acceptors (Lipinski definition) is 5. The molecule has 2 aliphatic rings. The summed E-state index contributed by atoms with van der Waals surface area (Å²) in [5.41, 5.74) is 1.91. The van der Waals surface area contributed by atoms with Gasteiger partial charge in [0.1, 0.15) is 11.5 Å². The monoisotopic (exact) mass is 417 g/mol. The van der Waals surface area contributed by atoms with Crippen LogP contribution in [0.3, 0.4) is 0 Å². The number of sulfonamides is 1. The van der Waals surface area contributed by atoms with E-state index in [0.29, 0.717) is 29.9 Å². The topological polar surface area (TPSA) is 96.6 Å². The molecule has 0 radical (unpaired) electrons. The van der Waals surface area contributed by atoms with Gasteiger partial charge in [-0.2, -0.15) is 0 Å². The van der Waals surface area contributed by atoms with E-state index in [4.69, 9.17) is 4.42 Å². The molecule has 7 heteroatoms. The highest BCUT2D eigenvalue weighted by atomic mass is 32.2. The lowest BCUT2D eigenvalue weighted by molar-refractivity contribution is 0.396.